The Bertz CT molecular complexity index is 804. The molecule has 4 nitrogen and oxygen atoms in total. The van der Waals surface area contributed by atoms with E-state index in [9.17, 15) is 4.79 Å². The van der Waals surface area contributed by atoms with Crippen molar-refractivity contribution in [2.45, 2.75) is 6.54 Å². The van der Waals surface area contributed by atoms with Crippen LogP contribution in [-0.2, 0) is 6.54 Å². The van der Waals surface area contributed by atoms with Gasteiger partial charge in [0.05, 0.1) is 13.7 Å². The second-order valence-corrected chi connectivity index (χ2v) is 5.30. The molecule has 0 bridgehead atoms. The summed E-state index contributed by atoms with van der Waals surface area (Å²) >= 11 is 0. The van der Waals surface area contributed by atoms with Crippen molar-refractivity contribution in [1.29, 1.82) is 0 Å². The van der Waals surface area contributed by atoms with Crippen molar-refractivity contribution in [3.05, 3.63) is 90.1 Å². The molecule has 120 valence electrons. The first-order chi connectivity index (χ1) is 11.8. The van der Waals surface area contributed by atoms with Gasteiger partial charge in [-0.25, -0.2) is 4.98 Å². The Morgan fingerprint density at radius 3 is 2.50 bits per heavy atom. The number of carbonyl (C=O) groups is 1. The second kappa shape index (κ2) is 7.42. The van der Waals surface area contributed by atoms with Gasteiger partial charge in [0.15, 0.2) is 0 Å². The highest BCUT2D eigenvalue weighted by Crippen LogP contribution is 2.20. The lowest BCUT2D eigenvalue weighted by Gasteiger charge is -2.22. The molecule has 0 fully saturated rings. The summed E-state index contributed by atoms with van der Waals surface area (Å²) in [6.07, 6.45) is 1.69. The zero-order valence-electron chi connectivity index (χ0n) is 13.4. The molecule has 0 radical (unpaired) electrons. The normalized spacial score (nSPS) is 10.2. The molecule has 4 heteroatoms. The van der Waals surface area contributed by atoms with E-state index in [4.69, 9.17) is 4.74 Å². The van der Waals surface area contributed by atoms with Crippen molar-refractivity contribution in [3.63, 3.8) is 0 Å². The quantitative estimate of drug-likeness (QED) is 0.715. The number of ether oxygens (including phenoxy) is 1. The number of hydrogen-bond donors (Lipinski definition) is 0. The van der Waals surface area contributed by atoms with Crippen LogP contribution in [0.15, 0.2) is 79.0 Å². The van der Waals surface area contributed by atoms with Crippen LogP contribution in [0.25, 0.3) is 0 Å². The minimum atomic E-state index is -0.114. The number of aromatic nitrogens is 1. The molecule has 0 spiro atoms. The van der Waals surface area contributed by atoms with Crippen LogP contribution in [0.5, 0.6) is 5.75 Å². The number of methoxy groups -OCH3 is 1. The van der Waals surface area contributed by atoms with Gasteiger partial charge in [-0.2, -0.15) is 0 Å². The lowest BCUT2D eigenvalue weighted by molar-refractivity contribution is 0.0984. The molecule has 0 aliphatic rings. The largest absolute Gasteiger partial charge is 0.497 e. The van der Waals surface area contributed by atoms with Crippen molar-refractivity contribution in [2.75, 3.05) is 12.0 Å². The molecule has 1 heterocycles. The minimum Gasteiger partial charge on any atom is -0.497 e. The molecule has 0 saturated carbocycles. The van der Waals surface area contributed by atoms with Gasteiger partial charge in [-0.3, -0.25) is 9.69 Å². The average molecular weight is 318 g/mol. The first-order valence-corrected chi connectivity index (χ1v) is 7.69. The number of carbonyl (C=O) groups excluding carboxylic acids is 1. The first kappa shape index (κ1) is 15.7. The Labute approximate surface area is 141 Å². The maximum absolute atomic E-state index is 13.0. The van der Waals surface area contributed by atoms with Crippen molar-refractivity contribution >= 4 is 11.7 Å². The first-order valence-electron chi connectivity index (χ1n) is 7.69. The summed E-state index contributed by atoms with van der Waals surface area (Å²) < 4.78 is 5.22. The molecule has 3 rings (SSSR count). The number of nitrogens with zero attached hydrogens (tertiary/aromatic N) is 2. The summed E-state index contributed by atoms with van der Waals surface area (Å²) in [6.45, 7) is 0.452. The van der Waals surface area contributed by atoms with Gasteiger partial charge in [-0.15, -0.1) is 0 Å². The van der Waals surface area contributed by atoms with Crippen LogP contribution < -0.4 is 9.64 Å². The molecule has 1 amide bonds. The van der Waals surface area contributed by atoms with E-state index in [0.717, 1.165) is 5.56 Å². The second-order valence-electron chi connectivity index (χ2n) is 5.30. The number of hydrogen-bond acceptors (Lipinski definition) is 3. The zero-order chi connectivity index (χ0) is 16.8. The molecule has 0 unspecified atom stereocenters. The standard InChI is InChI=1S/C20H18N2O2/c1-24-18-11-7-10-17(14-18)20(23)22(19-12-5-6-13-21-19)15-16-8-3-2-4-9-16/h2-14H,15H2,1H3. The van der Waals surface area contributed by atoms with Crippen molar-refractivity contribution in [3.8, 4) is 5.75 Å². The monoisotopic (exact) mass is 318 g/mol. The van der Waals surface area contributed by atoms with E-state index in [1.807, 2.05) is 60.7 Å². The van der Waals surface area contributed by atoms with E-state index in [0.29, 0.717) is 23.7 Å². The molecule has 24 heavy (non-hydrogen) atoms. The number of rotatable bonds is 5. The summed E-state index contributed by atoms with van der Waals surface area (Å²) in [6, 6.07) is 22.6. The van der Waals surface area contributed by atoms with E-state index in [1.165, 1.54) is 0 Å². The molecule has 2 aromatic carbocycles. The number of amides is 1. The molecule has 0 atom stereocenters. The maximum Gasteiger partial charge on any atom is 0.259 e. The predicted molar refractivity (Wildman–Crippen MR) is 94.2 cm³/mol. The molecule has 0 aliphatic heterocycles. The molecule has 0 aliphatic carbocycles. The zero-order valence-corrected chi connectivity index (χ0v) is 13.4. The Morgan fingerprint density at radius 2 is 1.79 bits per heavy atom. The van der Waals surface area contributed by atoms with Gasteiger partial charge in [0.2, 0.25) is 0 Å². The number of anilines is 1. The minimum absolute atomic E-state index is 0.114. The van der Waals surface area contributed by atoms with Crippen LogP contribution in [0.2, 0.25) is 0 Å². The Hall–Kier alpha value is -3.14. The Kier molecular flexibility index (Phi) is 4.87. The maximum atomic E-state index is 13.0. The fourth-order valence-electron chi connectivity index (χ4n) is 2.45. The van der Waals surface area contributed by atoms with Gasteiger partial charge in [0.1, 0.15) is 11.6 Å². The van der Waals surface area contributed by atoms with Crippen molar-refractivity contribution < 1.29 is 9.53 Å². The number of pyridine rings is 1. The van der Waals surface area contributed by atoms with E-state index < -0.39 is 0 Å². The molecule has 3 aromatic rings. The van der Waals surface area contributed by atoms with Crippen LogP contribution in [0, 0.1) is 0 Å². The van der Waals surface area contributed by atoms with Crippen LogP contribution in [-0.4, -0.2) is 18.0 Å². The lowest BCUT2D eigenvalue weighted by Crippen LogP contribution is -2.31. The highest BCUT2D eigenvalue weighted by molar-refractivity contribution is 6.05. The smallest absolute Gasteiger partial charge is 0.259 e. The van der Waals surface area contributed by atoms with E-state index in [-0.39, 0.29) is 5.91 Å². The summed E-state index contributed by atoms with van der Waals surface area (Å²) in [5, 5.41) is 0. The molecule has 1 aromatic heterocycles. The fourth-order valence-corrected chi connectivity index (χ4v) is 2.45. The Morgan fingerprint density at radius 1 is 1.00 bits per heavy atom. The Balaban J connectivity index is 1.96. The summed E-state index contributed by atoms with van der Waals surface area (Å²) in [7, 11) is 1.59. The van der Waals surface area contributed by atoms with Crippen LogP contribution in [0.4, 0.5) is 5.82 Å². The van der Waals surface area contributed by atoms with Gasteiger partial charge < -0.3 is 4.74 Å². The van der Waals surface area contributed by atoms with Gasteiger partial charge in [-0.05, 0) is 35.9 Å². The topological polar surface area (TPSA) is 42.4 Å². The third-order valence-corrected chi connectivity index (χ3v) is 3.67. The summed E-state index contributed by atoms with van der Waals surface area (Å²) in [5.41, 5.74) is 1.61. The average Bonchev–Trinajstić information content (AvgIpc) is 2.67. The lowest BCUT2D eigenvalue weighted by atomic mass is 10.1. The van der Waals surface area contributed by atoms with Gasteiger partial charge in [-0.1, -0.05) is 42.5 Å². The summed E-state index contributed by atoms with van der Waals surface area (Å²) in [5.74, 6) is 1.16. The van der Waals surface area contributed by atoms with E-state index in [2.05, 4.69) is 4.98 Å². The van der Waals surface area contributed by atoms with Gasteiger partial charge in [0.25, 0.3) is 5.91 Å². The summed E-state index contributed by atoms with van der Waals surface area (Å²) in [4.78, 5) is 19.1. The SMILES string of the molecule is COc1cccc(C(=O)N(Cc2ccccc2)c2ccccn2)c1. The third-order valence-electron chi connectivity index (χ3n) is 3.67. The van der Waals surface area contributed by atoms with Gasteiger partial charge >= 0.3 is 0 Å². The molecular formula is C20H18N2O2. The third kappa shape index (κ3) is 3.60. The highest BCUT2D eigenvalue weighted by Gasteiger charge is 2.19. The van der Waals surface area contributed by atoms with E-state index in [1.54, 1.807) is 30.3 Å². The van der Waals surface area contributed by atoms with E-state index >= 15 is 0 Å². The molecule has 0 N–H and O–H groups in total. The predicted octanol–water partition coefficient (Wildman–Crippen LogP) is 3.94. The van der Waals surface area contributed by atoms with Crippen molar-refractivity contribution in [2.24, 2.45) is 0 Å². The highest BCUT2D eigenvalue weighted by atomic mass is 16.5. The molecular weight excluding hydrogens is 300 g/mol. The number of benzene rings is 2. The van der Waals surface area contributed by atoms with Gasteiger partial charge in [0, 0.05) is 11.8 Å². The van der Waals surface area contributed by atoms with Crippen LogP contribution in [0.1, 0.15) is 15.9 Å². The van der Waals surface area contributed by atoms with Crippen LogP contribution >= 0.6 is 0 Å². The fraction of sp³-hybridized carbons (Fsp3) is 0.100. The van der Waals surface area contributed by atoms with Crippen LogP contribution in [0.3, 0.4) is 0 Å². The van der Waals surface area contributed by atoms with Crippen molar-refractivity contribution in [1.82, 2.24) is 4.98 Å². The molecule has 0 saturated heterocycles.